The van der Waals surface area contributed by atoms with Crippen molar-refractivity contribution in [1.82, 2.24) is 20.9 Å². The van der Waals surface area contributed by atoms with Crippen molar-refractivity contribution in [3.8, 4) is 0 Å². The van der Waals surface area contributed by atoms with E-state index < -0.39 is 71.8 Å². The van der Waals surface area contributed by atoms with Crippen molar-refractivity contribution >= 4 is 41.5 Å². The van der Waals surface area contributed by atoms with Gasteiger partial charge in [-0.3, -0.25) is 29.0 Å². The van der Waals surface area contributed by atoms with Gasteiger partial charge in [0.05, 0.1) is 12.1 Å². The fraction of sp³-hybridized carbons (Fsp3) is 0.731. The van der Waals surface area contributed by atoms with Crippen molar-refractivity contribution in [2.45, 2.75) is 101 Å². The number of amides is 5. The summed E-state index contributed by atoms with van der Waals surface area (Å²) in [6.07, 6.45) is 0.584. The number of aliphatic carboxylic acids is 1. The number of aliphatic imine (C=N–C) groups is 1. The zero-order chi connectivity index (χ0) is 33.4. The molecule has 0 aromatic heterocycles. The van der Waals surface area contributed by atoms with Gasteiger partial charge in [-0.2, -0.15) is 0 Å². The molecule has 1 heterocycles. The van der Waals surface area contributed by atoms with E-state index in [1.807, 2.05) is 0 Å². The smallest absolute Gasteiger partial charge is 0.326 e. The van der Waals surface area contributed by atoms with Crippen LogP contribution in [-0.4, -0.2) is 113 Å². The van der Waals surface area contributed by atoms with Gasteiger partial charge >= 0.3 is 5.97 Å². The minimum absolute atomic E-state index is 0.0505. The van der Waals surface area contributed by atoms with Gasteiger partial charge in [0.15, 0.2) is 5.96 Å². The second-order valence-electron chi connectivity index (χ2n) is 10.7. The van der Waals surface area contributed by atoms with Crippen molar-refractivity contribution in [3.05, 3.63) is 0 Å². The molecule has 1 aliphatic rings. The summed E-state index contributed by atoms with van der Waals surface area (Å²) in [7, 11) is 0. The largest absolute Gasteiger partial charge is 0.480 e. The van der Waals surface area contributed by atoms with Crippen LogP contribution >= 0.6 is 0 Å². The summed E-state index contributed by atoms with van der Waals surface area (Å²) in [5.41, 5.74) is 27.0. The normalized spacial score (nSPS) is 17.8. The third kappa shape index (κ3) is 13.1. The lowest BCUT2D eigenvalue weighted by Gasteiger charge is -2.31. The van der Waals surface area contributed by atoms with Crippen molar-refractivity contribution in [2.75, 3.05) is 19.6 Å². The molecule has 18 heteroatoms. The van der Waals surface area contributed by atoms with Crippen LogP contribution in [0.15, 0.2) is 4.99 Å². The van der Waals surface area contributed by atoms with Gasteiger partial charge < -0.3 is 59.7 Å². The SMILES string of the molecule is C[C@@H](O)[C@H](NC(=O)[C@@H](N)CCC(N)=O)C(=O)N[C@@H](CCCCN)C(=O)N1CCC[C@H]1C(=O)N[C@@H](CCCN=C(N)N)C(=O)O. The van der Waals surface area contributed by atoms with E-state index in [0.29, 0.717) is 25.8 Å². The fourth-order valence-corrected chi connectivity index (χ4v) is 4.64. The number of aliphatic hydroxyl groups excluding tert-OH is 1. The average Bonchev–Trinajstić information content (AvgIpc) is 3.44. The van der Waals surface area contributed by atoms with Gasteiger partial charge in [0, 0.05) is 19.5 Å². The highest BCUT2D eigenvalue weighted by Gasteiger charge is 2.39. The molecule has 1 rings (SSSR count). The number of nitrogens with zero attached hydrogens (tertiary/aromatic N) is 2. The van der Waals surface area contributed by atoms with Gasteiger partial charge in [-0.15, -0.1) is 0 Å². The van der Waals surface area contributed by atoms with E-state index in [4.69, 9.17) is 28.7 Å². The van der Waals surface area contributed by atoms with Crippen LogP contribution in [0.2, 0.25) is 0 Å². The quantitative estimate of drug-likeness (QED) is 0.0347. The minimum Gasteiger partial charge on any atom is -0.480 e. The van der Waals surface area contributed by atoms with Crippen molar-refractivity contribution in [3.63, 3.8) is 0 Å². The summed E-state index contributed by atoms with van der Waals surface area (Å²) < 4.78 is 0. The molecule has 250 valence electrons. The zero-order valence-electron chi connectivity index (χ0n) is 25.1. The summed E-state index contributed by atoms with van der Waals surface area (Å²) in [5.74, 6) is -4.97. The summed E-state index contributed by atoms with van der Waals surface area (Å²) in [6.45, 7) is 1.96. The van der Waals surface area contributed by atoms with Crippen LogP contribution in [0.25, 0.3) is 0 Å². The van der Waals surface area contributed by atoms with E-state index in [1.54, 1.807) is 0 Å². The molecule has 0 unspecified atom stereocenters. The number of likely N-dealkylation sites (tertiary alicyclic amines) is 1. The second kappa shape index (κ2) is 19.3. The maximum atomic E-state index is 13.7. The number of primary amides is 1. The van der Waals surface area contributed by atoms with Crippen LogP contribution in [0.3, 0.4) is 0 Å². The predicted molar refractivity (Wildman–Crippen MR) is 159 cm³/mol. The Bertz CT molecular complexity index is 1040. The molecule has 6 atom stereocenters. The highest BCUT2D eigenvalue weighted by atomic mass is 16.4. The number of carboxylic acid groups (broad SMARTS) is 1. The Balaban J connectivity index is 3.03. The molecule has 44 heavy (non-hydrogen) atoms. The summed E-state index contributed by atoms with van der Waals surface area (Å²) in [5, 5.41) is 27.2. The highest BCUT2D eigenvalue weighted by Crippen LogP contribution is 2.20. The predicted octanol–water partition coefficient (Wildman–Crippen LogP) is -4.33. The van der Waals surface area contributed by atoms with Crippen LogP contribution in [-0.2, 0) is 28.8 Å². The lowest BCUT2D eigenvalue weighted by atomic mass is 10.0. The third-order valence-electron chi connectivity index (χ3n) is 7.06. The minimum atomic E-state index is -1.49. The van der Waals surface area contributed by atoms with Gasteiger partial charge in [-0.05, 0) is 64.8 Å². The molecule has 0 aromatic carbocycles. The Kier molecular flexibility index (Phi) is 16.7. The van der Waals surface area contributed by atoms with E-state index in [0.717, 1.165) is 0 Å². The maximum Gasteiger partial charge on any atom is 0.326 e. The summed E-state index contributed by atoms with van der Waals surface area (Å²) >= 11 is 0. The molecule has 1 saturated heterocycles. The first-order valence-corrected chi connectivity index (χ1v) is 14.6. The number of guanidine groups is 1. The highest BCUT2D eigenvalue weighted by molar-refractivity contribution is 5.96. The topological polar surface area (TPSA) is 325 Å². The van der Waals surface area contributed by atoms with E-state index in [2.05, 4.69) is 20.9 Å². The molecular formula is C26H48N10O8. The number of rotatable bonds is 20. The van der Waals surface area contributed by atoms with Crippen LogP contribution in [0, 0.1) is 0 Å². The van der Waals surface area contributed by atoms with E-state index in [-0.39, 0.29) is 57.6 Å². The van der Waals surface area contributed by atoms with Gasteiger partial charge in [-0.25, -0.2) is 4.79 Å². The molecule has 1 aliphatic heterocycles. The van der Waals surface area contributed by atoms with Gasteiger partial charge in [0.1, 0.15) is 24.2 Å². The molecule has 18 nitrogen and oxygen atoms in total. The maximum absolute atomic E-state index is 13.7. The first-order valence-electron chi connectivity index (χ1n) is 14.6. The number of unbranched alkanes of at least 4 members (excludes halogenated alkanes) is 1. The molecule has 5 amide bonds. The Labute approximate surface area is 255 Å². The summed E-state index contributed by atoms with van der Waals surface area (Å²) in [4.78, 5) is 80.4. The molecule has 0 bridgehead atoms. The number of carbonyl (C=O) groups is 6. The monoisotopic (exact) mass is 628 g/mol. The fourth-order valence-electron chi connectivity index (χ4n) is 4.64. The number of nitrogens with one attached hydrogen (secondary N) is 3. The van der Waals surface area contributed by atoms with Crippen molar-refractivity contribution in [1.29, 1.82) is 0 Å². The molecule has 0 aliphatic carbocycles. The summed E-state index contributed by atoms with van der Waals surface area (Å²) in [6, 6.07) is -6.02. The molecule has 0 spiro atoms. The van der Waals surface area contributed by atoms with E-state index >= 15 is 0 Å². The number of carbonyl (C=O) groups excluding carboxylic acids is 5. The molecule has 15 N–H and O–H groups in total. The number of hydrogen-bond acceptors (Lipinski definition) is 10. The number of carboxylic acids is 1. The van der Waals surface area contributed by atoms with Crippen LogP contribution in [0.5, 0.6) is 0 Å². The Morgan fingerprint density at radius 1 is 0.932 bits per heavy atom. The number of aliphatic hydroxyl groups is 1. The second-order valence-corrected chi connectivity index (χ2v) is 10.7. The zero-order valence-corrected chi connectivity index (χ0v) is 25.1. The molecule has 0 saturated carbocycles. The first-order chi connectivity index (χ1) is 20.7. The van der Waals surface area contributed by atoms with Gasteiger partial charge in [0.25, 0.3) is 0 Å². The molecule has 1 fully saturated rings. The van der Waals surface area contributed by atoms with Crippen molar-refractivity contribution in [2.24, 2.45) is 33.7 Å². The molecular weight excluding hydrogens is 580 g/mol. The van der Waals surface area contributed by atoms with Crippen LogP contribution < -0.4 is 44.6 Å². The Hall–Kier alpha value is -4.03. The van der Waals surface area contributed by atoms with Gasteiger partial charge in [0.2, 0.25) is 29.5 Å². The van der Waals surface area contributed by atoms with Gasteiger partial charge in [-0.1, -0.05) is 0 Å². The average molecular weight is 629 g/mol. The third-order valence-corrected chi connectivity index (χ3v) is 7.06. The standard InChI is InChI=1S/C26H48N10O8/c1-14(37)20(35-21(39)15(28)9-10-19(29)38)23(41)33-16(6-2-3-11-27)24(42)36-13-5-8-18(36)22(40)34-17(25(43)44)7-4-12-32-26(30)31/h14-18,20,37H,2-13,27-28H2,1H3,(H2,29,38)(H,33,41)(H,34,40)(H,35,39)(H,43,44)(H4,30,31,32)/t14-,15+,16+,17+,18+,20+/m1/s1. The van der Waals surface area contributed by atoms with Crippen LogP contribution in [0.1, 0.15) is 64.7 Å². The van der Waals surface area contributed by atoms with Crippen LogP contribution in [0.4, 0.5) is 0 Å². The lowest BCUT2D eigenvalue weighted by Crippen LogP contribution is -2.60. The lowest BCUT2D eigenvalue weighted by molar-refractivity contribution is -0.145. The van der Waals surface area contributed by atoms with Crippen molar-refractivity contribution < 1.29 is 39.0 Å². The Morgan fingerprint density at radius 2 is 1.59 bits per heavy atom. The number of nitrogens with two attached hydrogens (primary N) is 5. The molecule has 0 radical (unpaired) electrons. The first kappa shape index (κ1) is 38.0. The van der Waals surface area contributed by atoms with E-state index in [9.17, 15) is 39.0 Å². The number of hydrogen-bond donors (Lipinski definition) is 10. The Morgan fingerprint density at radius 3 is 2.16 bits per heavy atom. The van der Waals surface area contributed by atoms with E-state index in [1.165, 1.54) is 11.8 Å². The molecule has 0 aromatic rings.